The first kappa shape index (κ1) is 10.1. The van der Waals surface area contributed by atoms with Crippen molar-refractivity contribution in [3.63, 3.8) is 0 Å². The van der Waals surface area contributed by atoms with Crippen LogP contribution in [0.2, 0.25) is 5.02 Å². The van der Waals surface area contributed by atoms with Crippen LogP contribution < -0.4 is 5.73 Å². The number of nitrogens with zero attached hydrogens (tertiary/aromatic N) is 2. The van der Waals surface area contributed by atoms with Gasteiger partial charge >= 0.3 is 0 Å². The Labute approximate surface area is 93.5 Å². The molecule has 0 bridgehead atoms. The first-order valence-corrected chi connectivity index (χ1v) is 5.07. The van der Waals surface area contributed by atoms with Crippen molar-refractivity contribution in [3.05, 3.63) is 46.7 Å². The molecule has 2 rings (SSSR count). The van der Waals surface area contributed by atoms with Crippen LogP contribution in [0.1, 0.15) is 11.3 Å². The van der Waals surface area contributed by atoms with E-state index in [4.69, 9.17) is 17.3 Å². The quantitative estimate of drug-likeness (QED) is 0.792. The summed E-state index contributed by atoms with van der Waals surface area (Å²) in [5, 5.41) is 4.89. The third-order valence-electron chi connectivity index (χ3n) is 2.18. The summed E-state index contributed by atoms with van der Waals surface area (Å²) in [5.41, 5.74) is 8.44. The van der Waals surface area contributed by atoms with Gasteiger partial charge in [-0.05, 0) is 30.7 Å². The molecule has 1 heterocycles. The van der Waals surface area contributed by atoms with Crippen LogP contribution in [0.25, 0.3) is 0 Å². The topological polar surface area (TPSA) is 43.8 Å². The zero-order valence-corrected chi connectivity index (χ0v) is 9.20. The number of rotatable bonds is 2. The molecule has 0 atom stereocenters. The second-order valence-corrected chi connectivity index (χ2v) is 3.92. The highest BCUT2D eigenvalue weighted by Gasteiger charge is 2.00. The molecular weight excluding hydrogens is 210 g/mol. The van der Waals surface area contributed by atoms with E-state index in [0.717, 1.165) is 17.8 Å². The largest absolute Gasteiger partial charge is 0.398 e. The third-order valence-corrected chi connectivity index (χ3v) is 2.52. The van der Waals surface area contributed by atoms with Gasteiger partial charge in [-0.25, -0.2) is 0 Å². The zero-order valence-electron chi connectivity index (χ0n) is 8.44. The van der Waals surface area contributed by atoms with Crippen LogP contribution in [0.15, 0.2) is 30.5 Å². The lowest BCUT2D eigenvalue weighted by atomic mass is 10.2. The lowest BCUT2D eigenvalue weighted by Crippen LogP contribution is -2.01. The van der Waals surface area contributed by atoms with Gasteiger partial charge in [0.2, 0.25) is 0 Å². The third kappa shape index (κ3) is 2.30. The zero-order chi connectivity index (χ0) is 10.8. The molecule has 15 heavy (non-hydrogen) atoms. The van der Waals surface area contributed by atoms with Crippen molar-refractivity contribution in [2.24, 2.45) is 0 Å². The molecule has 78 valence electrons. The molecule has 0 fully saturated rings. The van der Waals surface area contributed by atoms with Gasteiger partial charge in [0.05, 0.1) is 22.9 Å². The molecule has 0 spiro atoms. The minimum absolute atomic E-state index is 0.593. The summed E-state index contributed by atoms with van der Waals surface area (Å²) in [7, 11) is 0. The second kappa shape index (κ2) is 3.95. The first-order valence-electron chi connectivity index (χ1n) is 4.69. The standard InChI is InChI=1S/C11H12ClN3/c1-8-4-5-15(14-8)7-9-2-3-10(12)11(13)6-9/h2-6H,7,13H2,1H3. The summed E-state index contributed by atoms with van der Waals surface area (Å²) >= 11 is 5.84. The van der Waals surface area contributed by atoms with Gasteiger partial charge in [0.15, 0.2) is 0 Å². The number of hydrogen-bond donors (Lipinski definition) is 1. The van der Waals surface area contributed by atoms with Crippen LogP contribution in [0.5, 0.6) is 0 Å². The number of halogens is 1. The molecule has 0 radical (unpaired) electrons. The summed E-state index contributed by atoms with van der Waals surface area (Å²) in [4.78, 5) is 0. The van der Waals surface area contributed by atoms with Gasteiger partial charge in [-0.2, -0.15) is 5.10 Å². The SMILES string of the molecule is Cc1ccn(Cc2ccc(Cl)c(N)c2)n1. The van der Waals surface area contributed by atoms with E-state index in [1.54, 1.807) is 0 Å². The first-order chi connectivity index (χ1) is 7.15. The van der Waals surface area contributed by atoms with Gasteiger partial charge in [-0.15, -0.1) is 0 Å². The molecular formula is C11H12ClN3. The van der Waals surface area contributed by atoms with Crippen LogP contribution in [0.4, 0.5) is 5.69 Å². The lowest BCUT2D eigenvalue weighted by Gasteiger charge is -2.04. The minimum atomic E-state index is 0.593. The average molecular weight is 222 g/mol. The summed E-state index contributed by atoms with van der Waals surface area (Å²) in [6.45, 7) is 2.68. The van der Waals surface area contributed by atoms with E-state index in [1.807, 2.05) is 42.1 Å². The molecule has 0 saturated carbocycles. The van der Waals surface area contributed by atoms with E-state index in [-0.39, 0.29) is 0 Å². The monoisotopic (exact) mass is 221 g/mol. The molecule has 0 saturated heterocycles. The number of anilines is 1. The molecule has 1 aromatic heterocycles. The number of nitrogen functional groups attached to an aromatic ring is 1. The van der Waals surface area contributed by atoms with Crippen molar-refractivity contribution < 1.29 is 0 Å². The van der Waals surface area contributed by atoms with E-state index in [2.05, 4.69) is 5.10 Å². The van der Waals surface area contributed by atoms with Crippen LogP contribution in [0, 0.1) is 6.92 Å². The maximum absolute atomic E-state index is 5.84. The minimum Gasteiger partial charge on any atom is -0.398 e. The fourth-order valence-electron chi connectivity index (χ4n) is 1.43. The Balaban J connectivity index is 2.21. The van der Waals surface area contributed by atoms with Crippen LogP contribution in [-0.2, 0) is 6.54 Å². The van der Waals surface area contributed by atoms with Gasteiger partial charge in [0, 0.05) is 6.20 Å². The number of benzene rings is 1. The van der Waals surface area contributed by atoms with Gasteiger partial charge in [-0.3, -0.25) is 4.68 Å². The summed E-state index contributed by atoms with van der Waals surface area (Å²) in [6.07, 6.45) is 1.94. The number of aryl methyl sites for hydroxylation is 1. The van der Waals surface area contributed by atoms with Crippen molar-refractivity contribution in [3.8, 4) is 0 Å². The molecule has 0 aliphatic heterocycles. The van der Waals surface area contributed by atoms with Crippen molar-refractivity contribution >= 4 is 17.3 Å². The fraction of sp³-hybridized carbons (Fsp3) is 0.182. The van der Waals surface area contributed by atoms with Gasteiger partial charge < -0.3 is 5.73 Å². The highest BCUT2D eigenvalue weighted by atomic mass is 35.5. The smallest absolute Gasteiger partial charge is 0.0660 e. The van der Waals surface area contributed by atoms with Gasteiger partial charge in [0.25, 0.3) is 0 Å². The maximum Gasteiger partial charge on any atom is 0.0660 e. The Bertz CT molecular complexity index is 476. The number of hydrogen-bond acceptors (Lipinski definition) is 2. The Hall–Kier alpha value is -1.48. The van der Waals surface area contributed by atoms with E-state index < -0.39 is 0 Å². The van der Waals surface area contributed by atoms with Crippen molar-refractivity contribution in [1.82, 2.24) is 9.78 Å². The predicted molar refractivity (Wildman–Crippen MR) is 61.9 cm³/mol. The normalized spacial score (nSPS) is 10.5. The maximum atomic E-state index is 5.84. The van der Waals surface area contributed by atoms with Crippen LogP contribution in [-0.4, -0.2) is 9.78 Å². The predicted octanol–water partition coefficient (Wildman–Crippen LogP) is 2.48. The molecule has 0 aliphatic rings. The Morgan fingerprint density at radius 3 is 2.80 bits per heavy atom. The summed E-state index contributed by atoms with van der Waals surface area (Å²) in [5.74, 6) is 0. The number of aromatic nitrogens is 2. The molecule has 3 nitrogen and oxygen atoms in total. The molecule has 0 aliphatic carbocycles. The Morgan fingerprint density at radius 1 is 1.40 bits per heavy atom. The van der Waals surface area contributed by atoms with E-state index >= 15 is 0 Å². The lowest BCUT2D eigenvalue weighted by molar-refractivity contribution is 0.680. The van der Waals surface area contributed by atoms with Crippen molar-refractivity contribution in [2.45, 2.75) is 13.5 Å². The van der Waals surface area contributed by atoms with Gasteiger partial charge in [0.1, 0.15) is 0 Å². The van der Waals surface area contributed by atoms with Crippen LogP contribution >= 0.6 is 11.6 Å². The van der Waals surface area contributed by atoms with E-state index in [9.17, 15) is 0 Å². The van der Waals surface area contributed by atoms with E-state index in [1.165, 1.54) is 0 Å². The molecule has 0 amide bonds. The highest BCUT2D eigenvalue weighted by molar-refractivity contribution is 6.33. The molecule has 0 unspecified atom stereocenters. The summed E-state index contributed by atoms with van der Waals surface area (Å²) < 4.78 is 1.87. The fourth-order valence-corrected chi connectivity index (χ4v) is 1.55. The molecule has 2 N–H and O–H groups in total. The number of nitrogens with two attached hydrogens (primary N) is 1. The molecule has 4 heteroatoms. The van der Waals surface area contributed by atoms with Gasteiger partial charge in [-0.1, -0.05) is 17.7 Å². The van der Waals surface area contributed by atoms with E-state index in [0.29, 0.717) is 10.7 Å². The van der Waals surface area contributed by atoms with Crippen molar-refractivity contribution in [1.29, 1.82) is 0 Å². The average Bonchev–Trinajstić information content (AvgIpc) is 2.58. The Kier molecular flexibility index (Phi) is 2.64. The summed E-state index contributed by atoms with van der Waals surface area (Å²) in [6, 6.07) is 7.61. The highest BCUT2D eigenvalue weighted by Crippen LogP contribution is 2.19. The Morgan fingerprint density at radius 2 is 2.20 bits per heavy atom. The molecule has 2 aromatic rings. The van der Waals surface area contributed by atoms with Crippen LogP contribution in [0.3, 0.4) is 0 Å². The second-order valence-electron chi connectivity index (χ2n) is 3.51. The molecule has 1 aromatic carbocycles. The van der Waals surface area contributed by atoms with Crippen molar-refractivity contribution in [2.75, 3.05) is 5.73 Å².